The highest BCUT2D eigenvalue weighted by Gasteiger charge is 2.43. The SMILES string of the molecule is CC1(C)CC(=O)C2=C(C1)Oc1ncn3nc(CON=Cc4ccccc4)nc3c1C2c1ccccc1. The molecule has 0 amide bonds. The monoisotopic (exact) mass is 479 g/mol. The summed E-state index contributed by atoms with van der Waals surface area (Å²) in [4.78, 5) is 28.2. The van der Waals surface area contributed by atoms with Gasteiger partial charge in [-0.25, -0.2) is 14.5 Å². The highest BCUT2D eigenvalue weighted by molar-refractivity contribution is 6.00. The molecule has 2 aromatic carbocycles. The summed E-state index contributed by atoms with van der Waals surface area (Å²) in [6, 6.07) is 19.7. The van der Waals surface area contributed by atoms with Gasteiger partial charge in [-0.15, -0.1) is 5.10 Å². The fourth-order valence-electron chi connectivity index (χ4n) is 4.96. The average Bonchev–Trinajstić information content (AvgIpc) is 3.29. The standard InChI is InChI=1S/C28H25N5O3/c1-28(2)13-20(34)24-21(14-28)36-27-25(23(24)19-11-7-4-8-12-19)26-31-22(32-33(26)17-29-27)16-35-30-15-18-9-5-3-6-10-18/h3-12,15,17,23H,13-14,16H2,1-2H3. The van der Waals surface area contributed by atoms with Gasteiger partial charge in [0, 0.05) is 24.3 Å². The first-order valence-electron chi connectivity index (χ1n) is 11.9. The predicted molar refractivity (Wildman–Crippen MR) is 134 cm³/mol. The van der Waals surface area contributed by atoms with Crippen molar-refractivity contribution in [2.45, 2.75) is 39.2 Å². The number of carbonyl (C=O) groups excluding carboxylic acids is 1. The number of rotatable bonds is 5. The number of carbonyl (C=O) groups is 1. The minimum atomic E-state index is -0.334. The van der Waals surface area contributed by atoms with Crippen molar-refractivity contribution < 1.29 is 14.4 Å². The summed E-state index contributed by atoms with van der Waals surface area (Å²) in [5.41, 5.74) is 3.77. The van der Waals surface area contributed by atoms with Crippen molar-refractivity contribution >= 4 is 17.6 Å². The Morgan fingerprint density at radius 1 is 1.11 bits per heavy atom. The molecule has 4 aromatic rings. The number of nitrogens with zero attached hydrogens (tertiary/aromatic N) is 5. The topological polar surface area (TPSA) is 91.0 Å². The minimum Gasteiger partial charge on any atom is -0.442 e. The average molecular weight is 480 g/mol. The quantitative estimate of drug-likeness (QED) is 0.300. The van der Waals surface area contributed by atoms with Crippen LogP contribution in [-0.4, -0.2) is 31.6 Å². The summed E-state index contributed by atoms with van der Waals surface area (Å²) in [6.45, 7) is 4.28. The third-order valence-electron chi connectivity index (χ3n) is 6.51. The largest absolute Gasteiger partial charge is 0.442 e. The molecule has 0 bridgehead atoms. The van der Waals surface area contributed by atoms with Gasteiger partial charge in [0.25, 0.3) is 0 Å². The van der Waals surface area contributed by atoms with Crippen LogP contribution in [0.4, 0.5) is 0 Å². The maximum atomic E-state index is 13.4. The van der Waals surface area contributed by atoms with E-state index in [0.29, 0.717) is 41.5 Å². The van der Waals surface area contributed by atoms with Gasteiger partial charge in [0.2, 0.25) is 5.88 Å². The fourth-order valence-corrected chi connectivity index (χ4v) is 4.96. The predicted octanol–water partition coefficient (Wildman–Crippen LogP) is 4.84. The van der Waals surface area contributed by atoms with Crippen molar-refractivity contribution in [1.29, 1.82) is 0 Å². The van der Waals surface area contributed by atoms with Crippen LogP contribution in [0, 0.1) is 5.41 Å². The second-order valence-electron chi connectivity index (χ2n) is 9.90. The van der Waals surface area contributed by atoms with E-state index in [4.69, 9.17) is 14.6 Å². The Labute approximate surface area is 208 Å². The zero-order chi connectivity index (χ0) is 24.7. The van der Waals surface area contributed by atoms with Crippen LogP contribution < -0.4 is 4.74 Å². The van der Waals surface area contributed by atoms with E-state index in [1.807, 2.05) is 60.7 Å². The Bertz CT molecular complexity index is 1510. The summed E-state index contributed by atoms with van der Waals surface area (Å²) in [7, 11) is 0. The van der Waals surface area contributed by atoms with Gasteiger partial charge in [-0.05, 0) is 16.5 Å². The molecule has 1 aliphatic carbocycles. The Balaban J connectivity index is 1.39. The molecule has 3 heterocycles. The van der Waals surface area contributed by atoms with Crippen molar-refractivity contribution in [3.63, 3.8) is 0 Å². The van der Waals surface area contributed by atoms with Crippen molar-refractivity contribution in [3.8, 4) is 5.88 Å². The number of aromatic nitrogens is 4. The van der Waals surface area contributed by atoms with Gasteiger partial charge in [-0.3, -0.25) is 4.79 Å². The lowest BCUT2D eigenvalue weighted by Gasteiger charge is -2.37. The van der Waals surface area contributed by atoms with Crippen molar-refractivity contribution in [2.24, 2.45) is 10.6 Å². The van der Waals surface area contributed by atoms with Crippen LogP contribution in [0.1, 0.15) is 55.1 Å². The molecule has 8 nitrogen and oxygen atoms in total. The molecule has 2 aliphatic rings. The van der Waals surface area contributed by atoms with Crippen LogP contribution in [0.5, 0.6) is 5.88 Å². The molecule has 1 unspecified atom stereocenters. The number of hydrogen-bond donors (Lipinski definition) is 0. The normalized spacial score (nSPS) is 18.7. The molecule has 1 aliphatic heterocycles. The second-order valence-corrected chi connectivity index (χ2v) is 9.90. The van der Waals surface area contributed by atoms with Crippen molar-refractivity contribution in [2.75, 3.05) is 0 Å². The van der Waals surface area contributed by atoms with Crippen molar-refractivity contribution in [1.82, 2.24) is 19.6 Å². The summed E-state index contributed by atoms with van der Waals surface area (Å²) in [5.74, 6) is 1.38. The van der Waals surface area contributed by atoms with Crippen LogP contribution in [0.15, 0.2) is 83.5 Å². The molecule has 8 heteroatoms. The third-order valence-corrected chi connectivity index (χ3v) is 6.51. The molecule has 36 heavy (non-hydrogen) atoms. The van der Waals surface area contributed by atoms with E-state index in [2.05, 4.69) is 29.1 Å². The molecule has 6 rings (SSSR count). The first-order chi connectivity index (χ1) is 17.5. The number of hydrogen-bond acceptors (Lipinski definition) is 7. The third kappa shape index (κ3) is 4.04. The molecule has 0 saturated carbocycles. The van der Waals surface area contributed by atoms with Crippen LogP contribution in [0.2, 0.25) is 0 Å². The summed E-state index contributed by atoms with van der Waals surface area (Å²) in [5, 5.41) is 8.56. The number of oxime groups is 1. The highest BCUT2D eigenvalue weighted by Crippen LogP contribution is 2.50. The number of fused-ring (bicyclic) bond motifs is 3. The molecule has 0 radical (unpaired) electrons. The number of Topliss-reactive ketones (excluding diaryl/α,β-unsaturated/α-hetero) is 1. The molecular formula is C28H25N5O3. The Hall–Kier alpha value is -4.33. The van der Waals surface area contributed by atoms with Gasteiger partial charge < -0.3 is 9.57 Å². The lowest BCUT2D eigenvalue weighted by molar-refractivity contribution is -0.118. The number of ketones is 1. The molecule has 180 valence electrons. The second kappa shape index (κ2) is 8.71. The van der Waals surface area contributed by atoms with Crippen LogP contribution in [-0.2, 0) is 16.2 Å². The van der Waals surface area contributed by atoms with Gasteiger partial charge in [-0.1, -0.05) is 79.7 Å². The van der Waals surface area contributed by atoms with E-state index in [9.17, 15) is 4.79 Å². The molecule has 0 fully saturated rings. The number of benzene rings is 2. The van der Waals surface area contributed by atoms with Gasteiger partial charge in [0.15, 0.2) is 23.9 Å². The lowest BCUT2D eigenvalue weighted by Crippen LogP contribution is -2.33. The maximum Gasteiger partial charge on any atom is 0.228 e. The zero-order valence-electron chi connectivity index (χ0n) is 20.1. The van der Waals surface area contributed by atoms with E-state index in [-0.39, 0.29) is 23.7 Å². The first-order valence-corrected chi connectivity index (χ1v) is 11.9. The van der Waals surface area contributed by atoms with Crippen LogP contribution in [0.3, 0.4) is 0 Å². The minimum absolute atomic E-state index is 0.0950. The van der Waals surface area contributed by atoms with Gasteiger partial charge in [-0.2, -0.15) is 0 Å². The lowest BCUT2D eigenvalue weighted by atomic mass is 9.70. The van der Waals surface area contributed by atoms with E-state index < -0.39 is 0 Å². The van der Waals surface area contributed by atoms with E-state index in [0.717, 1.165) is 16.7 Å². The highest BCUT2D eigenvalue weighted by atomic mass is 16.6. The van der Waals surface area contributed by atoms with Crippen molar-refractivity contribution in [3.05, 3.63) is 101 Å². The van der Waals surface area contributed by atoms with E-state index in [1.165, 1.54) is 0 Å². The number of ether oxygens (including phenoxy) is 1. The smallest absolute Gasteiger partial charge is 0.228 e. The van der Waals surface area contributed by atoms with Gasteiger partial charge in [0.1, 0.15) is 12.1 Å². The Kier molecular flexibility index (Phi) is 5.36. The van der Waals surface area contributed by atoms with Gasteiger partial charge >= 0.3 is 0 Å². The van der Waals surface area contributed by atoms with Crippen LogP contribution in [0.25, 0.3) is 5.65 Å². The fraction of sp³-hybridized carbons (Fsp3) is 0.250. The molecule has 1 atom stereocenters. The summed E-state index contributed by atoms with van der Waals surface area (Å²) < 4.78 is 7.88. The maximum absolute atomic E-state index is 13.4. The zero-order valence-corrected chi connectivity index (χ0v) is 20.1. The number of allylic oxidation sites excluding steroid dienone is 2. The first kappa shape index (κ1) is 22.2. The summed E-state index contributed by atoms with van der Waals surface area (Å²) >= 11 is 0. The molecule has 0 N–H and O–H groups in total. The molecule has 0 spiro atoms. The molecule has 2 aromatic heterocycles. The van der Waals surface area contributed by atoms with Crippen LogP contribution >= 0.6 is 0 Å². The summed E-state index contributed by atoms with van der Waals surface area (Å²) in [6.07, 6.45) is 4.37. The molecule has 0 saturated heterocycles. The van der Waals surface area contributed by atoms with Gasteiger partial charge in [0.05, 0.1) is 11.8 Å². The van der Waals surface area contributed by atoms with E-state index in [1.54, 1.807) is 17.1 Å². The van der Waals surface area contributed by atoms with E-state index >= 15 is 0 Å². The Morgan fingerprint density at radius 2 is 1.86 bits per heavy atom. The Morgan fingerprint density at radius 3 is 2.64 bits per heavy atom. The molecular weight excluding hydrogens is 454 g/mol.